The van der Waals surface area contributed by atoms with Crippen molar-refractivity contribution in [2.75, 3.05) is 20.1 Å². The predicted molar refractivity (Wildman–Crippen MR) is 35.0 cm³/mol. The third kappa shape index (κ3) is 2.80. The summed E-state index contributed by atoms with van der Waals surface area (Å²) in [7, 11) is 2.28. The summed E-state index contributed by atoms with van der Waals surface area (Å²) < 4.78 is 0. The van der Waals surface area contributed by atoms with Crippen LogP contribution < -0.4 is 9.60 Å². The summed E-state index contributed by atoms with van der Waals surface area (Å²) >= 11 is 0. The topological polar surface area (TPSA) is 4.44 Å². The van der Waals surface area contributed by atoms with Crippen LogP contribution >= 0.6 is 0 Å². The van der Waals surface area contributed by atoms with Gasteiger partial charge in [0.25, 0.3) is 0 Å². The zero-order valence-electron chi connectivity index (χ0n) is 6.28. The lowest BCUT2D eigenvalue weighted by Gasteiger charge is -2.23. The number of quaternary nitrogens is 1. The van der Waals surface area contributed by atoms with E-state index in [2.05, 4.69) is 14.0 Å². The number of hydrogen-bond donors (Lipinski definition) is 1. The molecule has 2 heteroatoms. The van der Waals surface area contributed by atoms with Gasteiger partial charge in [-0.05, 0) is 18.8 Å². The third-order valence-electron chi connectivity index (χ3n) is 2.13. The molecule has 0 aliphatic carbocycles. The third-order valence-corrected chi connectivity index (χ3v) is 2.13. The maximum absolute atomic E-state index is 2.35. The Labute approximate surface area is 56.4 Å². The molecule has 0 saturated carbocycles. The van der Waals surface area contributed by atoms with Crippen LogP contribution in [0.25, 0.3) is 0 Å². The summed E-state index contributed by atoms with van der Waals surface area (Å²) in [6, 6.07) is 0. The molecule has 0 aromatic heterocycles. The molecule has 0 radical (unpaired) electrons. The van der Waals surface area contributed by atoms with Crippen LogP contribution in [0.1, 0.15) is 19.8 Å². The molecule has 0 spiro atoms. The minimum atomic E-state index is 0. The molecule has 1 N–H and O–H groups in total. The van der Waals surface area contributed by atoms with E-state index in [0.29, 0.717) is 0 Å². The van der Waals surface area contributed by atoms with Gasteiger partial charge in [-0.15, -0.1) is 0 Å². The monoisotopic (exact) mass is 133 g/mol. The van der Waals surface area contributed by atoms with Crippen molar-refractivity contribution in [3.05, 3.63) is 0 Å². The van der Waals surface area contributed by atoms with E-state index >= 15 is 0 Å². The molecule has 0 aromatic carbocycles. The number of nitrogens with one attached hydrogen (secondary N) is 1. The average Bonchev–Trinajstić information content (AvgIpc) is 1.77. The van der Waals surface area contributed by atoms with Gasteiger partial charge in [0.05, 0.1) is 20.1 Å². The fraction of sp³-hybridized carbons (Fsp3) is 1.00. The molecule has 0 unspecified atom stereocenters. The SMILES string of the molecule is CC1CC[NH+](C)CC1.[F-]. The maximum Gasteiger partial charge on any atom is 0.0771 e. The molecule has 1 nitrogen and oxygen atoms in total. The summed E-state index contributed by atoms with van der Waals surface area (Å²) in [4.78, 5) is 1.71. The Morgan fingerprint density at radius 1 is 1.22 bits per heavy atom. The fourth-order valence-corrected chi connectivity index (χ4v) is 1.25. The van der Waals surface area contributed by atoms with Gasteiger partial charge in [0.2, 0.25) is 0 Å². The number of rotatable bonds is 0. The van der Waals surface area contributed by atoms with Gasteiger partial charge < -0.3 is 9.60 Å². The van der Waals surface area contributed by atoms with Crippen LogP contribution in [0.2, 0.25) is 0 Å². The first-order chi connectivity index (χ1) is 3.79. The number of hydrogen-bond acceptors (Lipinski definition) is 0. The summed E-state index contributed by atoms with van der Waals surface area (Å²) in [6.07, 6.45) is 2.87. The van der Waals surface area contributed by atoms with Crippen LogP contribution in [-0.2, 0) is 0 Å². The van der Waals surface area contributed by atoms with Gasteiger partial charge >= 0.3 is 0 Å². The van der Waals surface area contributed by atoms with Crippen LogP contribution in [0.4, 0.5) is 0 Å². The molecule has 0 aromatic rings. The molecule has 1 fully saturated rings. The molecule has 1 aliphatic rings. The second kappa shape index (κ2) is 3.83. The first kappa shape index (κ1) is 8.89. The Bertz CT molecular complexity index is 57.3. The minimum absolute atomic E-state index is 0. The second-order valence-corrected chi connectivity index (χ2v) is 3.14. The first-order valence-electron chi connectivity index (χ1n) is 3.60. The lowest BCUT2D eigenvalue weighted by Crippen LogP contribution is -3.10. The van der Waals surface area contributed by atoms with Crippen molar-refractivity contribution in [3.8, 4) is 0 Å². The Morgan fingerprint density at radius 2 is 1.67 bits per heavy atom. The zero-order valence-corrected chi connectivity index (χ0v) is 6.28. The van der Waals surface area contributed by atoms with E-state index < -0.39 is 0 Å². The van der Waals surface area contributed by atoms with Crippen LogP contribution in [0.3, 0.4) is 0 Å². The largest absolute Gasteiger partial charge is 1.00 e. The normalized spacial score (nSPS) is 35.3. The van der Waals surface area contributed by atoms with E-state index in [0.717, 1.165) is 5.92 Å². The highest BCUT2D eigenvalue weighted by Gasteiger charge is 2.13. The van der Waals surface area contributed by atoms with E-state index in [1.54, 1.807) is 4.90 Å². The number of halogens is 1. The van der Waals surface area contributed by atoms with Crippen molar-refractivity contribution in [1.29, 1.82) is 0 Å². The van der Waals surface area contributed by atoms with Gasteiger partial charge in [0, 0.05) is 0 Å². The number of likely N-dealkylation sites (tertiary alicyclic amines) is 1. The Hall–Kier alpha value is -0.110. The summed E-state index contributed by atoms with van der Waals surface area (Å²) in [5.41, 5.74) is 0. The van der Waals surface area contributed by atoms with Crippen molar-refractivity contribution in [1.82, 2.24) is 0 Å². The van der Waals surface area contributed by atoms with E-state index in [1.807, 2.05) is 0 Å². The average molecular weight is 133 g/mol. The molecular formula is C7H16FN. The quantitative estimate of drug-likeness (QED) is 0.358. The molecule has 1 heterocycles. The lowest BCUT2D eigenvalue weighted by molar-refractivity contribution is -0.885. The van der Waals surface area contributed by atoms with Crippen molar-refractivity contribution in [2.45, 2.75) is 19.8 Å². The van der Waals surface area contributed by atoms with E-state index in [-0.39, 0.29) is 4.70 Å². The highest BCUT2D eigenvalue weighted by atomic mass is 19.0. The van der Waals surface area contributed by atoms with E-state index in [4.69, 9.17) is 0 Å². The van der Waals surface area contributed by atoms with Crippen LogP contribution in [0.15, 0.2) is 0 Å². The van der Waals surface area contributed by atoms with Gasteiger partial charge in [-0.2, -0.15) is 0 Å². The standard InChI is InChI=1S/C7H15N.FH/c1-7-3-5-8(2)6-4-7;/h7H,3-6H2,1-2H3;1H. The molecule has 9 heavy (non-hydrogen) atoms. The van der Waals surface area contributed by atoms with Crippen LogP contribution in [0, 0.1) is 5.92 Å². The molecular weight excluding hydrogens is 117 g/mol. The minimum Gasteiger partial charge on any atom is -1.00 e. The van der Waals surface area contributed by atoms with Crippen molar-refractivity contribution >= 4 is 0 Å². The predicted octanol–water partition coefficient (Wildman–Crippen LogP) is -3.06. The van der Waals surface area contributed by atoms with Gasteiger partial charge in [0.15, 0.2) is 0 Å². The van der Waals surface area contributed by atoms with Gasteiger partial charge in [-0.3, -0.25) is 0 Å². The Kier molecular flexibility index (Phi) is 3.78. The smallest absolute Gasteiger partial charge is 0.0771 e. The van der Waals surface area contributed by atoms with E-state index in [1.165, 1.54) is 25.9 Å². The summed E-state index contributed by atoms with van der Waals surface area (Å²) in [6.45, 7) is 5.13. The van der Waals surface area contributed by atoms with Crippen molar-refractivity contribution in [2.24, 2.45) is 5.92 Å². The van der Waals surface area contributed by atoms with Crippen molar-refractivity contribution in [3.63, 3.8) is 0 Å². The van der Waals surface area contributed by atoms with Gasteiger partial charge in [-0.25, -0.2) is 0 Å². The molecule has 0 atom stereocenters. The zero-order chi connectivity index (χ0) is 5.98. The Morgan fingerprint density at radius 3 is 2.00 bits per heavy atom. The summed E-state index contributed by atoms with van der Waals surface area (Å²) in [5.74, 6) is 0.999. The molecule has 56 valence electrons. The fourth-order valence-electron chi connectivity index (χ4n) is 1.25. The highest BCUT2D eigenvalue weighted by Crippen LogP contribution is 2.05. The Balaban J connectivity index is 0.000000640. The van der Waals surface area contributed by atoms with Gasteiger partial charge in [0.1, 0.15) is 0 Å². The molecule has 0 amide bonds. The highest BCUT2D eigenvalue weighted by molar-refractivity contribution is 4.54. The first-order valence-corrected chi connectivity index (χ1v) is 3.60. The lowest BCUT2D eigenvalue weighted by atomic mass is 10.00. The van der Waals surface area contributed by atoms with Crippen LogP contribution in [-0.4, -0.2) is 20.1 Å². The second-order valence-electron chi connectivity index (χ2n) is 3.14. The molecule has 1 saturated heterocycles. The van der Waals surface area contributed by atoms with E-state index in [9.17, 15) is 0 Å². The van der Waals surface area contributed by atoms with Crippen molar-refractivity contribution < 1.29 is 9.60 Å². The molecule has 0 bridgehead atoms. The maximum atomic E-state index is 2.35. The van der Waals surface area contributed by atoms with Crippen LogP contribution in [0.5, 0.6) is 0 Å². The van der Waals surface area contributed by atoms with Gasteiger partial charge in [-0.1, -0.05) is 6.92 Å². The number of piperidine rings is 1. The summed E-state index contributed by atoms with van der Waals surface area (Å²) in [5, 5.41) is 0. The molecule has 1 rings (SSSR count). The molecule has 1 aliphatic heterocycles.